The van der Waals surface area contributed by atoms with E-state index in [9.17, 15) is 4.79 Å². The van der Waals surface area contributed by atoms with E-state index >= 15 is 0 Å². The van der Waals surface area contributed by atoms with Gasteiger partial charge in [0.15, 0.2) is 5.82 Å². The summed E-state index contributed by atoms with van der Waals surface area (Å²) < 4.78 is 5.03. The predicted molar refractivity (Wildman–Crippen MR) is 50.2 cm³/mol. The zero-order valence-corrected chi connectivity index (χ0v) is 8.43. The smallest absolute Gasteiger partial charge is 0.320 e. The maximum atomic E-state index is 10.5. The molecule has 1 aliphatic carbocycles. The van der Waals surface area contributed by atoms with E-state index in [-0.39, 0.29) is 0 Å². The molecule has 1 fully saturated rings. The minimum absolute atomic E-state index is 0.323. The summed E-state index contributed by atoms with van der Waals surface area (Å²) in [6.07, 6.45) is 2.22. The fourth-order valence-electron chi connectivity index (χ4n) is 1.17. The molecule has 6 nitrogen and oxygen atoms in total. The van der Waals surface area contributed by atoms with Crippen LogP contribution in [0.1, 0.15) is 37.4 Å². The highest BCUT2D eigenvalue weighted by molar-refractivity contribution is 5.72. The highest BCUT2D eigenvalue weighted by Gasteiger charge is 2.29. The fraction of sp³-hybridized carbons (Fsp3) is 0.667. The van der Waals surface area contributed by atoms with Crippen LogP contribution in [0, 0.1) is 0 Å². The molecular formula is C9H13N3O3. The molecule has 15 heavy (non-hydrogen) atoms. The number of hydrogen-bond donors (Lipinski definition) is 2. The van der Waals surface area contributed by atoms with Gasteiger partial charge in [-0.25, -0.2) is 0 Å². The second-order valence-corrected chi connectivity index (χ2v) is 3.76. The highest BCUT2D eigenvalue weighted by Crippen LogP contribution is 2.38. The fourth-order valence-corrected chi connectivity index (χ4v) is 1.17. The third-order valence-electron chi connectivity index (χ3n) is 2.35. The Kier molecular flexibility index (Phi) is 2.68. The summed E-state index contributed by atoms with van der Waals surface area (Å²) in [5.41, 5.74) is 0. The third-order valence-corrected chi connectivity index (χ3v) is 2.35. The van der Waals surface area contributed by atoms with Gasteiger partial charge in [-0.05, 0) is 19.8 Å². The number of nitrogens with one attached hydrogen (secondary N) is 1. The first-order valence-electron chi connectivity index (χ1n) is 4.95. The quantitative estimate of drug-likeness (QED) is 0.737. The van der Waals surface area contributed by atoms with Crippen molar-refractivity contribution in [3.8, 4) is 0 Å². The standard InChI is InChI=1S/C9H13N3O3/c1-5(9(13)14)10-4-7-11-8(15-12-7)6-2-3-6/h5-6,10H,2-4H2,1H3,(H,13,14)/t5-/m1/s1. The molecule has 0 aliphatic heterocycles. The van der Waals surface area contributed by atoms with Crippen molar-refractivity contribution in [3.05, 3.63) is 11.7 Å². The molecule has 82 valence electrons. The van der Waals surface area contributed by atoms with Crippen LogP contribution in [0.3, 0.4) is 0 Å². The van der Waals surface area contributed by atoms with Crippen LogP contribution in [0.25, 0.3) is 0 Å². The van der Waals surface area contributed by atoms with Gasteiger partial charge in [0.2, 0.25) is 5.89 Å². The summed E-state index contributed by atoms with van der Waals surface area (Å²) in [5.74, 6) is 0.740. The number of rotatable bonds is 5. The summed E-state index contributed by atoms with van der Waals surface area (Å²) in [6.45, 7) is 1.90. The lowest BCUT2D eigenvalue weighted by Crippen LogP contribution is -2.33. The topological polar surface area (TPSA) is 88.3 Å². The summed E-state index contributed by atoms with van der Waals surface area (Å²) >= 11 is 0. The molecule has 1 aliphatic rings. The van der Waals surface area contributed by atoms with Crippen LogP contribution in [0.5, 0.6) is 0 Å². The maximum Gasteiger partial charge on any atom is 0.320 e. The Labute approximate surface area is 86.7 Å². The molecule has 2 rings (SSSR count). The van der Waals surface area contributed by atoms with Crippen molar-refractivity contribution >= 4 is 5.97 Å². The Hall–Kier alpha value is -1.43. The molecular weight excluding hydrogens is 198 g/mol. The van der Waals surface area contributed by atoms with E-state index in [0.717, 1.165) is 12.8 Å². The molecule has 0 amide bonds. The van der Waals surface area contributed by atoms with Crippen LogP contribution in [-0.2, 0) is 11.3 Å². The van der Waals surface area contributed by atoms with Crippen LogP contribution >= 0.6 is 0 Å². The van der Waals surface area contributed by atoms with E-state index in [1.807, 2.05) is 0 Å². The maximum absolute atomic E-state index is 10.5. The highest BCUT2D eigenvalue weighted by atomic mass is 16.5. The molecule has 1 aromatic heterocycles. The monoisotopic (exact) mass is 211 g/mol. The first-order chi connectivity index (χ1) is 7.16. The summed E-state index contributed by atoms with van der Waals surface area (Å²) in [5, 5.41) is 15.2. The van der Waals surface area contributed by atoms with Crippen molar-refractivity contribution in [2.75, 3.05) is 0 Å². The Morgan fingerprint density at radius 1 is 1.73 bits per heavy atom. The second-order valence-electron chi connectivity index (χ2n) is 3.76. The van der Waals surface area contributed by atoms with Crippen LogP contribution in [0.2, 0.25) is 0 Å². The van der Waals surface area contributed by atoms with Crippen LogP contribution in [-0.4, -0.2) is 27.3 Å². The predicted octanol–water partition coefficient (Wildman–Crippen LogP) is 0.510. The van der Waals surface area contributed by atoms with Crippen molar-refractivity contribution in [1.29, 1.82) is 0 Å². The molecule has 0 saturated heterocycles. The Balaban J connectivity index is 1.85. The van der Waals surface area contributed by atoms with Gasteiger partial charge in [0.25, 0.3) is 0 Å². The van der Waals surface area contributed by atoms with Gasteiger partial charge in [-0.3, -0.25) is 10.1 Å². The van der Waals surface area contributed by atoms with E-state index in [4.69, 9.17) is 9.63 Å². The Bertz CT molecular complexity index is 359. The Morgan fingerprint density at radius 3 is 3.07 bits per heavy atom. The van der Waals surface area contributed by atoms with E-state index < -0.39 is 12.0 Å². The van der Waals surface area contributed by atoms with Gasteiger partial charge >= 0.3 is 5.97 Å². The van der Waals surface area contributed by atoms with E-state index in [0.29, 0.717) is 24.2 Å². The average molecular weight is 211 g/mol. The van der Waals surface area contributed by atoms with Gasteiger partial charge < -0.3 is 9.63 Å². The van der Waals surface area contributed by atoms with Crippen LogP contribution in [0.4, 0.5) is 0 Å². The van der Waals surface area contributed by atoms with Crippen molar-refractivity contribution in [3.63, 3.8) is 0 Å². The first-order valence-corrected chi connectivity index (χ1v) is 4.95. The molecule has 0 spiro atoms. The van der Waals surface area contributed by atoms with Gasteiger partial charge in [-0.2, -0.15) is 4.98 Å². The molecule has 0 unspecified atom stereocenters. The van der Waals surface area contributed by atoms with E-state index in [2.05, 4.69) is 15.5 Å². The molecule has 1 heterocycles. The molecule has 2 N–H and O–H groups in total. The van der Waals surface area contributed by atoms with Gasteiger partial charge in [-0.1, -0.05) is 5.16 Å². The largest absolute Gasteiger partial charge is 0.480 e. The third kappa shape index (κ3) is 2.53. The second kappa shape index (κ2) is 3.98. The summed E-state index contributed by atoms with van der Waals surface area (Å²) in [7, 11) is 0. The molecule has 1 atom stereocenters. The number of carboxylic acid groups (broad SMARTS) is 1. The summed E-state index contributed by atoms with van der Waals surface area (Å²) in [6, 6.07) is -0.604. The molecule has 6 heteroatoms. The van der Waals surface area contributed by atoms with Crippen molar-refractivity contribution in [2.45, 2.75) is 38.3 Å². The lowest BCUT2D eigenvalue weighted by Gasteiger charge is -2.05. The number of carboxylic acids is 1. The minimum atomic E-state index is -0.888. The molecule has 1 saturated carbocycles. The lowest BCUT2D eigenvalue weighted by atomic mass is 10.3. The van der Waals surface area contributed by atoms with Gasteiger partial charge in [0, 0.05) is 5.92 Å². The van der Waals surface area contributed by atoms with Gasteiger partial charge in [-0.15, -0.1) is 0 Å². The van der Waals surface area contributed by atoms with Gasteiger partial charge in [0.1, 0.15) is 6.04 Å². The number of aromatic nitrogens is 2. The number of carbonyl (C=O) groups is 1. The van der Waals surface area contributed by atoms with Crippen molar-refractivity contribution in [1.82, 2.24) is 15.5 Å². The van der Waals surface area contributed by atoms with Crippen LogP contribution < -0.4 is 5.32 Å². The van der Waals surface area contributed by atoms with Crippen molar-refractivity contribution < 1.29 is 14.4 Å². The zero-order chi connectivity index (χ0) is 10.8. The molecule has 0 aromatic carbocycles. The van der Waals surface area contributed by atoms with E-state index in [1.54, 1.807) is 6.92 Å². The van der Waals surface area contributed by atoms with Crippen molar-refractivity contribution in [2.24, 2.45) is 0 Å². The van der Waals surface area contributed by atoms with E-state index in [1.165, 1.54) is 0 Å². The summed E-state index contributed by atoms with van der Waals surface area (Å²) in [4.78, 5) is 14.7. The average Bonchev–Trinajstić information content (AvgIpc) is 2.95. The zero-order valence-electron chi connectivity index (χ0n) is 8.43. The normalized spacial score (nSPS) is 17.7. The van der Waals surface area contributed by atoms with Gasteiger partial charge in [0.05, 0.1) is 6.54 Å². The molecule has 0 bridgehead atoms. The lowest BCUT2D eigenvalue weighted by molar-refractivity contribution is -0.139. The minimum Gasteiger partial charge on any atom is -0.480 e. The number of hydrogen-bond acceptors (Lipinski definition) is 5. The number of nitrogens with zero attached hydrogens (tertiary/aromatic N) is 2. The SMILES string of the molecule is C[C@@H](NCc1noc(C2CC2)n1)C(=O)O. The first kappa shape index (κ1) is 10.1. The Morgan fingerprint density at radius 2 is 2.47 bits per heavy atom. The molecule has 0 radical (unpaired) electrons. The number of aliphatic carboxylic acids is 1. The van der Waals surface area contributed by atoms with Crippen LogP contribution in [0.15, 0.2) is 4.52 Å². The molecule has 1 aromatic rings.